The average molecular weight is 623 g/mol. The molecule has 246 valence electrons. The molecule has 3 aromatic heterocycles. The first-order valence-electron chi connectivity index (χ1n) is 18.2. The lowest BCUT2D eigenvalue weighted by Gasteiger charge is -2.14. The van der Waals surface area contributed by atoms with E-state index in [9.17, 15) is 0 Å². The van der Waals surface area contributed by atoms with E-state index >= 15 is 0 Å². The highest BCUT2D eigenvalue weighted by molar-refractivity contribution is 6.21. The predicted octanol–water partition coefficient (Wildman–Crippen LogP) is 11.2. The molecule has 0 saturated heterocycles. The van der Waals surface area contributed by atoms with E-state index in [1.807, 2.05) is 24.5 Å². The Morgan fingerprint density at radius 1 is 0.478 bits per heavy atom. The number of fused-ring (bicyclic) bond motifs is 7. The maximum Gasteiger partial charge on any atom is 0.0996 e. The van der Waals surface area contributed by atoms with Crippen molar-refractivity contribution in [3.8, 4) is 0 Å². The largest absolute Gasteiger partial charge is 0.377 e. The maximum atomic E-state index is 6.25. The Kier molecular flexibility index (Phi) is 14.0. The van der Waals surface area contributed by atoms with Crippen LogP contribution >= 0.6 is 0 Å². The van der Waals surface area contributed by atoms with Crippen molar-refractivity contribution in [1.82, 2.24) is 19.9 Å². The molecule has 3 heterocycles. The van der Waals surface area contributed by atoms with Gasteiger partial charge in [0.15, 0.2) is 0 Å². The van der Waals surface area contributed by atoms with E-state index in [0.29, 0.717) is 13.2 Å². The molecule has 5 aromatic rings. The van der Waals surface area contributed by atoms with Crippen molar-refractivity contribution in [3.63, 3.8) is 0 Å². The Hall–Kier alpha value is -3.22. The third kappa shape index (κ3) is 9.42. The van der Waals surface area contributed by atoms with Crippen LogP contribution in [-0.2, 0) is 22.7 Å². The number of pyridine rings is 2. The quantitative estimate of drug-likeness (QED) is 0.0434. The van der Waals surface area contributed by atoms with Crippen molar-refractivity contribution >= 4 is 43.9 Å². The molecule has 0 bridgehead atoms. The number of benzene rings is 2. The molecule has 0 unspecified atom stereocenters. The first-order chi connectivity index (χ1) is 22.8. The van der Waals surface area contributed by atoms with Crippen LogP contribution in [0.5, 0.6) is 0 Å². The van der Waals surface area contributed by atoms with Gasteiger partial charge in [-0.05, 0) is 60.4 Å². The van der Waals surface area contributed by atoms with Crippen molar-refractivity contribution in [2.75, 3.05) is 13.2 Å². The molecule has 0 atom stereocenters. The smallest absolute Gasteiger partial charge is 0.0996 e. The van der Waals surface area contributed by atoms with Gasteiger partial charge in [-0.2, -0.15) is 0 Å². The summed E-state index contributed by atoms with van der Waals surface area (Å²) >= 11 is 0. The normalized spacial score (nSPS) is 11.9. The Morgan fingerprint density at radius 3 is 1.28 bits per heavy atom. The lowest BCUT2D eigenvalue weighted by molar-refractivity contribution is 0.103. The van der Waals surface area contributed by atoms with Gasteiger partial charge < -0.3 is 9.47 Å². The summed E-state index contributed by atoms with van der Waals surface area (Å²) in [7, 11) is 0. The van der Waals surface area contributed by atoms with E-state index in [1.54, 1.807) is 0 Å². The number of unbranched alkanes of at least 4 members (excludes halogenated alkanes) is 14. The van der Waals surface area contributed by atoms with Crippen molar-refractivity contribution in [2.45, 2.75) is 130 Å². The summed E-state index contributed by atoms with van der Waals surface area (Å²) in [6, 6.07) is 12.4. The predicted molar refractivity (Wildman–Crippen MR) is 192 cm³/mol. The van der Waals surface area contributed by atoms with E-state index < -0.39 is 0 Å². The summed E-state index contributed by atoms with van der Waals surface area (Å²) < 4.78 is 12.5. The molecule has 0 radical (unpaired) electrons. The van der Waals surface area contributed by atoms with Crippen LogP contribution in [0.2, 0.25) is 0 Å². The lowest BCUT2D eigenvalue weighted by Crippen LogP contribution is -2.04. The first-order valence-corrected chi connectivity index (χ1v) is 18.2. The molecule has 5 rings (SSSR count). The minimum absolute atomic E-state index is 0.562. The Morgan fingerprint density at radius 2 is 0.870 bits per heavy atom. The van der Waals surface area contributed by atoms with E-state index in [0.717, 1.165) is 81.1 Å². The highest BCUT2D eigenvalue weighted by Gasteiger charge is 2.15. The number of aromatic nitrogens is 4. The van der Waals surface area contributed by atoms with Gasteiger partial charge in [-0.1, -0.05) is 104 Å². The standard InChI is InChI=1S/C40H54N4O2/c1-3-5-7-9-11-13-15-17-25-45-29-31-27-35-36(28-32(31)30-46-26-18-16-14-12-10-8-6-4-2)44-40-34-22-20-24-42-38(34)37-33(39(40)43-35)21-19-23-41-37/h19-24,27-28H,3-18,25-26,29-30H2,1-2H3. The molecular formula is C40H54N4O2. The number of hydrogen-bond acceptors (Lipinski definition) is 6. The second-order valence-electron chi connectivity index (χ2n) is 12.9. The summed E-state index contributed by atoms with van der Waals surface area (Å²) in [5.74, 6) is 0. The summed E-state index contributed by atoms with van der Waals surface area (Å²) in [4.78, 5) is 19.7. The molecule has 46 heavy (non-hydrogen) atoms. The van der Waals surface area contributed by atoms with Crippen molar-refractivity contribution < 1.29 is 9.47 Å². The van der Waals surface area contributed by atoms with E-state index in [1.165, 1.54) is 89.9 Å². The van der Waals surface area contributed by atoms with Crippen LogP contribution in [0.25, 0.3) is 43.9 Å². The van der Waals surface area contributed by atoms with Crippen LogP contribution in [0.15, 0.2) is 48.8 Å². The SMILES string of the molecule is CCCCCCCCCCOCc1cc2nc3c4cccnc4c4ncccc4c3nc2cc1COCCCCCCCCCC. The Balaban J connectivity index is 1.29. The highest BCUT2D eigenvalue weighted by atomic mass is 16.5. The summed E-state index contributed by atoms with van der Waals surface area (Å²) in [5.41, 5.74) is 7.47. The molecule has 0 saturated carbocycles. The van der Waals surface area contributed by atoms with Crippen molar-refractivity contribution in [3.05, 3.63) is 59.9 Å². The fourth-order valence-electron chi connectivity index (χ4n) is 6.44. The van der Waals surface area contributed by atoms with Gasteiger partial charge in [0.2, 0.25) is 0 Å². The van der Waals surface area contributed by atoms with Gasteiger partial charge in [0.1, 0.15) is 0 Å². The van der Waals surface area contributed by atoms with Gasteiger partial charge in [0.25, 0.3) is 0 Å². The molecule has 6 nitrogen and oxygen atoms in total. The first kappa shape index (κ1) is 34.1. The maximum absolute atomic E-state index is 6.25. The second kappa shape index (κ2) is 18.8. The summed E-state index contributed by atoms with van der Waals surface area (Å²) in [5, 5.41) is 1.95. The van der Waals surface area contributed by atoms with Crippen LogP contribution in [0.3, 0.4) is 0 Å². The Labute approximate surface area is 275 Å². The topological polar surface area (TPSA) is 70.0 Å². The minimum Gasteiger partial charge on any atom is -0.377 e. The number of hydrogen-bond donors (Lipinski definition) is 0. The number of ether oxygens (including phenoxy) is 2. The molecule has 0 aliphatic heterocycles. The average Bonchev–Trinajstić information content (AvgIpc) is 3.09. The second-order valence-corrected chi connectivity index (χ2v) is 12.9. The van der Waals surface area contributed by atoms with Gasteiger partial charge in [-0.25, -0.2) is 9.97 Å². The molecule has 0 aliphatic carbocycles. The van der Waals surface area contributed by atoms with Crippen LogP contribution in [0.1, 0.15) is 128 Å². The van der Waals surface area contributed by atoms with Crippen LogP contribution in [0, 0.1) is 0 Å². The van der Waals surface area contributed by atoms with Gasteiger partial charge in [-0.3, -0.25) is 9.97 Å². The van der Waals surface area contributed by atoms with Gasteiger partial charge in [0.05, 0.1) is 46.3 Å². The monoisotopic (exact) mass is 622 g/mol. The van der Waals surface area contributed by atoms with Gasteiger partial charge >= 0.3 is 0 Å². The third-order valence-corrected chi connectivity index (χ3v) is 9.14. The molecule has 0 spiro atoms. The van der Waals surface area contributed by atoms with Crippen LogP contribution in [-0.4, -0.2) is 33.1 Å². The van der Waals surface area contributed by atoms with E-state index in [2.05, 4.69) is 48.1 Å². The van der Waals surface area contributed by atoms with Crippen molar-refractivity contribution in [1.29, 1.82) is 0 Å². The zero-order valence-electron chi connectivity index (χ0n) is 28.4. The Bertz CT molecular complexity index is 1530. The van der Waals surface area contributed by atoms with Crippen LogP contribution < -0.4 is 0 Å². The molecule has 6 heteroatoms. The number of nitrogens with zero attached hydrogens (tertiary/aromatic N) is 4. The summed E-state index contributed by atoms with van der Waals surface area (Å²) in [6.45, 7) is 7.23. The molecule has 0 fully saturated rings. The van der Waals surface area contributed by atoms with E-state index in [-0.39, 0.29) is 0 Å². The zero-order chi connectivity index (χ0) is 31.8. The highest BCUT2D eigenvalue weighted by Crippen LogP contribution is 2.32. The molecule has 0 aliphatic rings. The van der Waals surface area contributed by atoms with Gasteiger partial charge in [0, 0.05) is 36.4 Å². The van der Waals surface area contributed by atoms with E-state index in [4.69, 9.17) is 19.4 Å². The van der Waals surface area contributed by atoms with Crippen molar-refractivity contribution in [2.24, 2.45) is 0 Å². The summed E-state index contributed by atoms with van der Waals surface area (Å²) in [6.07, 6.45) is 24.4. The molecule has 0 amide bonds. The molecule has 2 aromatic carbocycles. The molecular weight excluding hydrogens is 568 g/mol. The van der Waals surface area contributed by atoms with Crippen LogP contribution in [0.4, 0.5) is 0 Å². The minimum atomic E-state index is 0.562. The third-order valence-electron chi connectivity index (χ3n) is 9.14. The number of rotatable bonds is 22. The lowest BCUT2D eigenvalue weighted by atomic mass is 10.0. The zero-order valence-corrected chi connectivity index (χ0v) is 28.4. The fraction of sp³-hybridized carbons (Fsp3) is 0.550. The fourth-order valence-corrected chi connectivity index (χ4v) is 6.44. The molecule has 0 N–H and O–H groups in total. The van der Waals surface area contributed by atoms with Gasteiger partial charge in [-0.15, -0.1) is 0 Å².